The average Bonchev–Trinajstić information content (AvgIpc) is 3.09. The zero-order chi connectivity index (χ0) is 17.6. The van der Waals surface area contributed by atoms with Gasteiger partial charge in [-0.2, -0.15) is 0 Å². The molecule has 6 nitrogen and oxygen atoms in total. The Balaban J connectivity index is 1.50. The maximum atomic E-state index is 12.5. The maximum absolute atomic E-state index is 12.5. The molecule has 7 heteroatoms. The predicted octanol–water partition coefficient (Wildman–Crippen LogP) is 1.49. The number of hydrogen-bond acceptors (Lipinski definition) is 6. The van der Waals surface area contributed by atoms with Crippen molar-refractivity contribution in [2.24, 2.45) is 5.73 Å². The lowest BCUT2D eigenvalue weighted by atomic mass is 10.1. The van der Waals surface area contributed by atoms with E-state index in [0.29, 0.717) is 19.0 Å². The molecule has 0 bridgehead atoms. The number of pyridine rings is 1. The molecule has 1 amide bonds. The normalized spacial score (nSPS) is 16.8. The van der Waals surface area contributed by atoms with Crippen molar-refractivity contribution in [2.75, 3.05) is 32.7 Å². The highest BCUT2D eigenvalue weighted by Crippen LogP contribution is 2.21. The van der Waals surface area contributed by atoms with Crippen LogP contribution in [-0.4, -0.2) is 58.4 Å². The zero-order valence-corrected chi connectivity index (χ0v) is 15.4. The minimum absolute atomic E-state index is 0.165. The van der Waals surface area contributed by atoms with Gasteiger partial charge in [-0.3, -0.25) is 14.7 Å². The number of nitrogens with two attached hydrogens (primary N) is 1. The van der Waals surface area contributed by atoms with Gasteiger partial charge in [0.25, 0.3) is 0 Å². The standard InChI is InChI=1S/C18H25N5OS/c1-14(15-3-2-6-20-12-15)22-7-9-23(10-8-22)18(24)11-16-13-25-17(21-16)4-5-19/h2-3,6,12-14H,4-5,7-11,19H2,1H3. The molecule has 0 saturated carbocycles. The summed E-state index contributed by atoms with van der Waals surface area (Å²) in [6.07, 6.45) is 4.89. The molecule has 0 aromatic carbocycles. The van der Waals surface area contributed by atoms with Crippen LogP contribution in [0, 0.1) is 0 Å². The second kappa shape index (κ2) is 8.51. The first kappa shape index (κ1) is 18.0. The number of hydrogen-bond donors (Lipinski definition) is 1. The molecule has 0 aliphatic carbocycles. The van der Waals surface area contributed by atoms with Gasteiger partial charge in [-0.1, -0.05) is 6.07 Å². The van der Waals surface area contributed by atoms with E-state index in [4.69, 9.17) is 5.73 Å². The van der Waals surface area contributed by atoms with E-state index in [1.165, 1.54) is 5.56 Å². The fraction of sp³-hybridized carbons (Fsp3) is 0.500. The molecule has 2 aromatic rings. The van der Waals surface area contributed by atoms with Gasteiger partial charge in [0.2, 0.25) is 5.91 Å². The molecule has 1 saturated heterocycles. The van der Waals surface area contributed by atoms with Crippen molar-refractivity contribution < 1.29 is 4.79 Å². The van der Waals surface area contributed by atoms with E-state index in [9.17, 15) is 4.79 Å². The average molecular weight is 359 g/mol. The summed E-state index contributed by atoms with van der Waals surface area (Å²) in [5, 5.41) is 2.99. The van der Waals surface area contributed by atoms with Gasteiger partial charge >= 0.3 is 0 Å². The van der Waals surface area contributed by atoms with Gasteiger partial charge < -0.3 is 10.6 Å². The summed E-state index contributed by atoms with van der Waals surface area (Å²) in [5.41, 5.74) is 7.64. The van der Waals surface area contributed by atoms with Gasteiger partial charge in [-0.25, -0.2) is 4.98 Å². The summed E-state index contributed by atoms with van der Waals surface area (Å²) in [4.78, 5) is 25.6. The van der Waals surface area contributed by atoms with E-state index in [0.717, 1.165) is 43.3 Å². The number of carbonyl (C=O) groups is 1. The zero-order valence-electron chi connectivity index (χ0n) is 14.6. The van der Waals surface area contributed by atoms with Crippen LogP contribution in [-0.2, 0) is 17.6 Å². The highest BCUT2D eigenvalue weighted by atomic mass is 32.1. The first-order valence-corrected chi connectivity index (χ1v) is 9.60. The van der Waals surface area contributed by atoms with Crippen molar-refractivity contribution in [3.05, 3.63) is 46.2 Å². The third kappa shape index (κ3) is 4.62. The van der Waals surface area contributed by atoms with Crippen molar-refractivity contribution in [3.63, 3.8) is 0 Å². The minimum atomic E-state index is 0.165. The first-order chi connectivity index (χ1) is 12.2. The summed E-state index contributed by atoms with van der Waals surface area (Å²) < 4.78 is 0. The second-order valence-corrected chi connectivity index (χ2v) is 7.27. The highest BCUT2D eigenvalue weighted by molar-refractivity contribution is 7.09. The first-order valence-electron chi connectivity index (χ1n) is 8.72. The van der Waals surface area contributed by atoms with Crippen molar-refractivity contribution in [3.8, 4) is 0 Å². The van der Waals surface area contributed by atoms with Gasteiger partial charge in [-0.05, 0) is 25.1 Å². The lowest BCUT2D eigenvalue weighted by Crippen LogP contribution is -2.49. The highest BCUT2D eigenvalue weighted by Gasteiger charge is 2.25. The van der Waals surface area contributed by atoms with Crippen LogP contribution >= 0.6 is 11.3 Å². The van der Waals surface area contributed by atoms with Crippen LogP contribution in [0.3, 0.4) is 0 Å². The van der Waals surface area contributed by atoms with E-state index in [2.05, 4.69) is 27.9 Å². The van der Waals surface area contributed by atoms with Crippen LogP contribution in [0.15, 0.2) is 29.9 Å². The number of amides is 1. The van der Waals surface area contributed by atoms with Gasteiger partial charge in [-0.15, -0.1) is 11.3 Å². The number of rotatable bonds is 6. The maximum Gasteiger partial charge on any atom is 0.228 e. The third-order valence-corrected chi connectivity index (χ3v) is 5.63. The number of piperazine rings is 1. The van der Waals surface area contributed by atoms with E-state index in [-0.39, 0.29) is 5.91 Å². The molecule has 3 rings (SSSR count). The molecular formula is C18H25N5OS. The molecule has 1 unspecified atom stereocenters. The Morgan fingerprint density at radius 3 is 2.84 bits per heavy atom. The minimum Gasteiger partial charge on any atom is -0.340 e. The Hall–Kier alpha value is -1.83. The van der Waals surface area contributed by atoms with Crippen LogP contribution in [0.1, 0.15) is 29.2 Å². The van der Waals surface area contributed by atoms with E-state index in [1.54, 1.807) is 17.5 Å². The molecule has 1 aliphatic heterocycles. The Morgan fingerprint density at radius 1 is 1.36 bits per heavy atom. The van der Waals surface area contributed by atoms with Crippen molar-refractivity contribution in [2.45, 2.75) is 25.8 Å². The van der Waals surface area contributed by atoms with Crippen LogP contribution in [0.4, 0.5) is 0 Å². The van der Waals surface area contributed by atoms with Crippen LogP contribution < -0.4 is 5.73 Å². The molecule has 25 heavy (non-hydrogen) atoms. The third-order valence-electron chi connectivity index (χ3n) is 4.67. The van der Waals surface area contributed by atoms with Crippen LogP contribution in [0.25, 0.3) is 0 Å². The Morgan fingerprint density at radius 2 is 2.16 bits per heavy atom. The largest absolute Gasteiger partial charge is 0.340 e. The molecule has 1 fully saturated rings. The molecule has 0 spiro atoms. The number of nitrogens with zero attached hydrogens (tertiary/aromatic N) is 4. The Bertz CT molecular complexity index is 682. The monoisotopic (exact) mass is 359 g/mol. The fourth-order valence-electron chi connectivity index (χ4n) is 3.13. The molecule has 1 atom stereocenters. The SMILES string of the molecule is CC(c1cccnc1)N1CCN(C(=O)Cc2csc(CCN)n2)CC1. The smallest absolute Gasteiger partial charge is 0.228 e. The lowest BCUT2D eigenvalue weighted by molar-refractivity contribution is -0.132. The number of carbonyl (C=O) groups excluding carboxylic acids is 1. The van der Waals surface area contributed by atoms with Gasteiger partial charge in [0, 0.05) is 56.4 Å². The van der Waals surface area contributed by atoms with Crippen molar-refractivity contribution in [1.29, 1.82) is 0 Å². The molecular weight excluding hydrogens is 334 g/mol. The van der Waals surface area contributed by atoms with Gasteiger partial charge in [0.05, 0.1) is 17.1 Å². The van der Waals surface area contributed by atoms with Crippen molar-refractivity contribution >= 4 is 17.2 Å². The second-order valence-electron chi connectivity index (χ2n) is 6.33. The number of aromatic nitrogens is 2. The molecule has 134 valence electrons. The quantitative estimate of drug-likeness (QED) is 0.846. The van der Waals surface area contributed by atoms with Gasteiger partial charge in [0.1, 0.15) is 0 Å². The van der Waals surface area contributed by atoms with Crippen LogP contribution in [0.5, 0.6) is 0 Å². The Labute approximate surface area is 152 Å². The lowest BCUT2D eigenvalue weighted by Gasteiger charge is -2.38. The molecule has 2 N–H and O–H groups in total. The Kier molecular flexibility index (Phi) is 6.12. The summed E-state index contributed by atoms with van der Waals surface area (Å²) >= 11 is 1.59. The molecule has 3 heterocycles. The topological polar surface area (TPSA) is 75.4 Å². The fourth-order valence-corrected chi connectivity index (χ4v) is 3.94. The summed E-state index contributed by atoms with van der Waals surface area (Å²) in [5.74, 6) is 0.165. The summed E-state index contributed by atoms with van der Waals surface area (Å²) in [6.45, 7) is 6.10. The number of thiazole rings is 1. The summed E-state index contributed by atoms with van der Waals surface area (Å²) in [6, 6.07) is 4.40. The van der Waals surface area contributed by atoms with E-state index >= 15 is 0 Å². The predicted molar refractivity (Wildman–Crippen MR) is 99.4 cm³/mol. The van der Waals surface area contributed by atoms with E-state index < -0.39 is 0 Å². The molecule has 2 aromatic heterocycles. The van der Waals surface area contributed by atoms with Gasteiger partial charge in [0.15, 0.2) is 0 Å². The van der Waals surface area contributed by atoms with E-state index in [1.807, 2.05) is 22.5 Å². The summed E-state index contributed by atoms with van der Waals surface area (Å²) in [7, 11) is 0. The molecule has 0 radical (unpaired) electrons. The van der Waals surface area contributed by atoms with Crippen LogP contribution in [0.2, 0.25) is 0 Å². The molecule has 1 aliphatic rings. The van der Waals surface area contributed by atoms with Crippen molar-refractivity contribution in [1.82, 2.24) is 19.8 Å².